The van der Waals surface area contributed by atoms with Crippen molar-refractivity contribution in [1.29, 1.82) is 0 Å². The molecule has 2 aromatic carbocycles. The van der Waals surface area contributed by atoms with Gasteiger partial charge in [0, 0.05) is 6.54 Å². The van der Waals surface area contributed by atoms with Crippen LogP contribution in [0.15, 0.2) is 36.4 Å². The molecule has 0 spiro atoms. The number of aromatic nitrogens is 3. The Morgan fingerprint density at radius 3 is 2.60 bits per heavy atom. The third-order valence-corrected chi connectivity index (χ3v) is 7.21. The van der Waals surface area contributed by atoms with E-state index in [1.54, 1.807) is 11.8 Å². The highest BCUT2D eigenvalue weighted by Crippen LogP contribution is 2.40. The summed E-state index contributed by atoms with van der Waals surface area (Å²) in [4.78, 5) is 27.5. The second kappa shape index (κ2) is 8.40. The Labute approximate surface area is 200 Å². The van der Waals surface area contributed by atoms with Gasteiger partial charge in [0.15, 0.2) is 11.6 Å². The summed E-state index contributed by atoms with van der Waals surface area (Å²) in [7, 11) is 0. The maximum absolute atomic E-state index is 13.9. The Balaban J connectivity index is 1.52. The first-order valence-corrected chi connectivity index (χ1v) is 11.6. The Bertz CT molecular complexity index is 1440. The van der Waals surface area contributed by atoms with Crippen LogP contribution in [0, 0.1) is 24.5 Å². The van der Waals surface area contributed by atoms with Crippen molar-refractivity contribution in [2.24, 2.45) is 5.92 Å². The summed E-state index contributed by atoms with van der Waals surface area (Å²) >= 11 is 1.20. The SMILES string of the molecule is Cc1nc(C(=O)N2CC[C@H](C)[C@H]2c2nc3ccc(C(F)(F)F)cc3[nH]2)c(-c2ccc(F)c(F)c2)s1. The zero-order chi connectivity index (χ0) is 25.1. The molecule has 5 rings (SSSR count). The van der Waals surface area contributed by atoms with Gasteiger partial charge in [0.25, 0.3) is 5.91 Å². The zero-order valence-corrected chi connectivity index (χ0v) is 19.4. The molecule has 0 saturated carbocycles. The van der Waals surface area contributed by atoms with E-state index in [-0.39, 0.29) is 17.1 Å². The fourth-order valence-corrected chi connectivity index (χ4v) is 5.39. The van der Waals surface area contributed by atoms with Crippen LogP contribution >= 0.6 is 11.3 Å². The summed E-state index contributed by atoms with van der Waals surface area (Å²) in [5.41, 5.74) is 0.264. The van der Waals surface area contributed by atoms with E-state index in [1.807, 2.05) is 6.92 Å². The van der Waals surface area contributed by atoms with Crippen LogP contribution in [0.25, 0.3) is 21.5 Å². The molecule has 0 unspecified atom stereocenters. The number of carbonyl (C=O) groups is 1. The van der Waals surface area contributed by atoms with Crippen molar-refractivity contribution in [3.63, 3.8) is 0 Å². The van der Waals surface area contributed by atoms with Crippen LogP contribution in [-0.4, -0.2) is 32.3 Å². The first-order valence-electron chi connectivity index (χ1n) is 10.8. The summed E-state index contributed by atoms with van der Waals surface area (Å²) in [5, 5.41) is 0.584. The van der Waals surface area contributed by atoms with Gasteiger partial charge in [-0.1, -0.05) is 13.0 Å². The lowest BCUT2D eigenvalue weighted by atomic mass is 10.0. The Kier molecular flexibility index (Phi) is 5.62. The number of hydrogen-bond acceptors (Lipinski definition) is 4. The van der Waals surface area contributed by atoms with Crippen molar-refractivity contribution in [1.82, 2.24) is 19.9 Å². The number of aryl methyl sites for hydroxylation is 1. The normalized spacial score (nSPS) is 18.5. The van der Waals surface area contributed by atoms with Gasteiger partial charge >= 0.3 is 6.18 Å². The number of imidazole rings is 1. The van der Waals surface area contributed by atoms with Gasteiger partial charge in [0.2, 0.25) is 0 Å². The molecule has 0 radical (unpaired) electrons. The molecule has 182 valence electrons. The van der Waals surface area contributed by atoms with E-state index in [1.165, 1.54) is 23.5 Å². The van der Waals surface area contributed by atoms with Gasteiger partial charge in [-0.3, -0.25) is 4.79 Å². The highest BCUT2D eigenvalue weighted by Gasteiger charge is 2.40. The van der Waals surface area contributed by atoms with Crippen molar-refractivity contribution in [3.05, 3.63) is 70.1 Å². The standard InChI is InChI=1S/C24H19F5N4OS/c1-11-7-8-33(20(11)22-31-17-6-4-14(24(27,28)29)10-18(17)32-22)23(34)19-21(35-12(2)30-19)13-3-5-15(25)16(26)9-13/h3-6,9-11,20H,7-8H2,1-2H3,(H,31,32)/t11-,20-/m0/s1. The van der Waals surface area contributed by atoms with Crippen LogP contribution in [-0.2, 0) is 6.18 Å². The molecular weight excluding hydrogens is 487 g/mol. The van der Waals surface area contributed by atoms with Crippen LogP contribution in [0.4, 0.5) is 22.0 Å². The van der Waals surface area contributed by atoms with Crippen molar-refractivity contribution in [2.75, 3.05) is 6.54 Å². The summed E-state index contributed by atoms with van der Waals surface area (Å²) in [6.45, 7) is 4.05. The van der Waals surface area contributed by atoms with Gasteiger partial charge in [0.05, 0.1) is 32.5 Å². The lowest BCUT2D eigenvalue weighted by Gasteiger charge is -2.25. The number of carbonyl (C=O) groups excluding carboxylic acids is 1. The molecule has 0 aliphatic carbocycles. The number of halogens is 5. The van der Waals surface area contributed by atoms with E-state index in [0.29, 0.717) is 39.8 Å². The molecular formula is C24H19F5N4OS. The van der Waals surface area contributed by atoms with Crippen LogP contribution in [0.1, 0.15) is 46.3 Å². The van der Waals surface area contributed by atoms with Gasteiger partial charge in [0.1, 0.15) is 11.5 Å². The zero-order valence-electron chi connectivity index (χ0n) is 18.6. The maximum Gasteiger partial charge on any atom is 0.416 e. The molecule has 1 aliphatic heterocycles. The van der Waals surface area contributed by atoms with Crippen molar-refractivity contribution < 1.29 is 26.7 Å². The van der Waals surface area contributed by atoms with Gasteiger partial charge in [-0.25, -0.2) is 18.7 Å². The topological polar surface area (TPSA) is 61.9 Å². The Morgan fingerprint density at radius 2 is 1.89 bits per heavy atom. The molecule has 0 bridgehead atoms. The van der Waals surface area contributed by atoms with Crippen LogP contribution in [0.3, 0.4) is 0 Å². The third-order valence-electron chi connectivity index (χ3n) is 6.19. The largest absolute Gasteiger partial charge is 0.416 e. The van der Waals surface area contributed by atoms with Crippen LogP contribution in [0.5, 0.6) is 0 Å². The molecule has 4 aromatic rings. The van der Waals surface area contributed by atoms with Crippen molar-refractivity contribution in [2.45, 2.75) is 32.5 Å². The monoisotopic (exact) mass is 506 g/mol. The lowest BCUT2D eigenvalue weighted by molar-refractivity contribution is -0.137. The number of alkyl halides is 3. The number of benzene rings is 2. The first-order chi connectivity index (χ1) is 16.5. The van der Waals surface area contributed by atoms with E-state index in [4.69, 9.17) is 0 Å². The number of aromatic amines is 1. The minimum Gasteiger partial charge on any atom is -0.340 e. The van der Waals surface area contributed by atoms with Gasteiger partial charge in [-0.2, -0.15) is 13.2 Å². The van der Waals surface area contributed by atoms with Gasteiger partial charge in [-0.15, -0.1) is 11.3 Å². The summed E-state index contributed by atoms with van der Waals surface area (Å²) in [6.07, 6.45) is -3.83. The number of fused-ring (bicyclic) bond motifs is 1. The molecule has 5 nitrogen and oxygen atoms in total. The smallest absolute Gasteiger partial charge is 0.340 e. The predicted molar refractivity (Wildman–Crippen MR) is 121 cm³/mol. The van der Waals surface area contributed by atoms with E-state index >= 15 is 0 Å². The lowest BCUT2D eigenvalue weighted by Crippen LogP contribution is -2.33. The summed E-state index contributed by atoms with van der Waals surface area (Å²) in [5.74, 6) is -2.05. The van der Waals surface area contributed by atoms with Gasteiger partial charge in [-0.05, 0) is 55.2 Å². The maximum atomic E-state index is 13.9. The fourth-order valence-electron chi connectivity index (χ4n) is 4.48. The van der Waals surface area contributed by atoms with E-state index in [0.717, 1.165) is 24.3 Å². The second-order valence-electron chi connectivity index (χ2n) is 8.60. The quantitative estimate of drug-likeness (QED) is 0.322. The van der Waals surface area contributed by atoms with Crippen molar-refractivity contribution >= 4 is 28.3 Å². The number of thiazole rings is 1. The van der Waals surface area contributed by atoms with Gasteiger partial charge < -0.3 is 9.88 Å². The predicted octanol–water partition coefficient (Wildman–Crippen LogP) is 6.52. The average Bonchev–Trinajstić information content (AvgIpc) is 3.49. The molecule has 1 aliphatic rings. The summed E-state index contributed by atoms with van der Waals surface area (Å²) in [6, 6.07) is 6.18. The number of likely N-dealkylation sites (tertiary alicyclic amines) is 1. The fraction of sp³-hybridized carbons (Fsp3) is 0.292. The molecule has 2 atom stereocenters. The number of H-pyrrole nitrogens is 1. The van der Waals surface area contributed by atoms with Crippen LogP contribution in [0.2, 0.25) is 0 Å². The molecule has 11 heteroatoms. The Morgan fingerprint density at radius 1 is 1.11 bits per heavy atom. The van der Waals surface area contributed by atoms with Crippen molar-refractivity contribution in [3.8, 4) is 10.4 Å². The highest BCUT2D eigenvalue weighted by atomic mass is 32.1. The third kappa shape index (κ3) is 4.18. The number of hydrogen-bond donors (Lipinski definition) is 1. The second-order valence-corrected chi connectivity index (χ2v) is 9.80. The average molecular weight is 507 g/mol. The number of nitrogens with one attached hydrogen (secondary N) is 1. The molecule has 1 N–H and O–H groups in total. The highest BCUT2D eigenvalue weighted by molar-refractivity contribution is 7.15. The van der Waals surface area contributed by atoms with E-state index in [9.17, 15) is 26.7 Å². The molecule has 3 heterocycles. The number of amides is 1. The van der Waals surface area contributed by atoms with E-state index in [2.05, 4.69) is 15.0 Å². The number of nitrogens with zero attached hydrogens (tertiary/aromatic N) is 3. The first kappa shape index (κ1) is 23.4. The molecule has 1 fully saturated rings. The molecule has 2 aromatic heterocycles. The Hall–Kier alpha value is -3.34. The minimum absolute atomic E-state index is 0.0203. The number of rotatable bonds is 3. The molecule has 35 heavy (non-hydrogen) atoms. The van der Waals surface area contributed by atoms with E-state index < -0.39 is 35.3 Å². The minimum atomic E-state index is -4.49. The molecule has 1 amide bonds. The molecule has 1 saturated heterocycles. The summed E-state index contributed by atoms with van der Waals surface area (Å²) < 4.78 is 66.7. The van der Waals surface area contributed by atoms with Crippen LogP contribution < -0.4 is 0 Å².